The second-order valence-electron chi connectivity index (χ2n) is 5.32. The first-order chi connectivity index (χ1) is 11.2. The zero-order valence-corrected chi connectivity index (χ0v) is 14.1. The predicted octanol–water partition coefficient (Wildman–Crippen LogP) is 4.67. The van der Waals surface area contributed by atoms with Gasteiger partial charge in [0.05, 0.1) is 18.9 Å². The third-order valence-corrected chi connectivity index (χ3v) is 4.12. The predicted molar refractivity (Wildman–Crippen MR) is 93.1 cm³/mol. The molecule has 23 heavy (non-hydrogen) atoms. The van der Waals surface area contributed by atoms with Gasteiger partial charge in [-0.15, -0.1) is 11.3 Å². The van der Waals surface area contributed by atoms with Crippen molar-refractivity contribution in [2.75, 3.05) is 7.11 Å². The topological polar surface area (TPSA) is 44.2 Å². The second-order valence-corrected chi connectivity index (χ2v) is 6.17. The fourth-order valence-electron chi connectivity index (χ4n) is 2.15. The standard InChI is InChI=1S/C18H18N2O2S/c1-12(2)22-17-10-14(8-9-19-17)18-20-16(11-23-18)13-4-6-15(21-3)7-5-13/h4-12H,1-3H3. The van der Waals surface area contributed by atoms with E-state index in [1.165, 1.54) is 0 Å². The molecule has 4 nitrogen and oxygen atoms in total. The van der Waals surface area contributed by atoms with Crippen LogP contribution in [0.5, 0.6) is 11.6 Å². The highest BCUT2D eigenvalue weighted by molar-refractivity contribution is 7.13. The van der Waals surface area contributed by atoms with Crippen LogP contribution < -0.4 is 9.47 Å². The number of ether oxygens (including phenoxy) is 2. The summed E-state index contributed by atoms with van der Waals surface area (Å²) >= 11 is 1.61. The number of methoxy groups -OCH3 is 1. The minimum Gasteiger partial charge on any atom is -0.497 e. The Kier molecular flexibility index (Phi) is 4.57. The second kappa shape index (κ2) is 6.79. The average Bonchev–Trinajstić information content (AvgIpc) is 3.04. The van der Waals surface area contributed by atoms with Crippen LogP contribution in [0.25, 0.3) is 21.8 Å². The number of thiazole rings is 1. The Morgan fingerprint density at radius 3 is 2.52 bits per heavy atom. The van der Waals surface area contributed by atoms with E-state index in [0.717, 1.165) is 27.6 Å². The molecule has 0 radical (unpaired) electrons. The van der Waals surface area contributed by atoms with Crippen LogP contribution in [0.15, 0.2) is 48.0 Å². The van der Waals surface area contributed by atoms with Crippen molar-refractivity contribution in [3.63, 3.8) is 0 Å². The van der Waals surface area contributed by atoms with Crippen LogP contribution in [-0.4, -0.2) is 23.2 Å². The lowest BCUT2D eigenvalue weighted by Gasteiger charge is -2.08. The highest BCUT2D eigenvalue weighted by Gasteiger charge is 2.09. The van der Waals surface area contributed by atoms with Gasteiger partial charge in [-0.1, -0.05) is 0 Å². The van der Waals surface area contributed by atoms with Crippen molar-refractivity contribution >= 4 is 11.3 Å². The molecule has 118 valence electrons. The highest BCUT2D eigenvalue weighted by Crippen LogP contribution is 2.30. The number of benzene rings is 1. The van der Waals surface area contributed by atoms with Gasteiger partial charge in [0, 0.05) is 28.8 Å². The van der Waals surface area contributed by atoms with E-state index < -0.39 is 0 Å². The van der Waals surface area contributed by atoms with Crippen LogP contribution in [0.4, 0.5) is 0 Å². The smallest absolute Gasteiger partial charge is 0.214 e. The molecule has 0 unspecified atom stereocenters. The molecule has 2 aromatic heterocycles. The first-order valence-corrected chi connectivity index (χ1v) is 8.26. The van der Waals surface area contributed by atoms with Crippen LogP contribution >= 0.6 is 11.3 Å². The summed E-state index contributed by atoms with van der Waals surface area (Å²) in [4.78, 5) is 8.95. The lowest BCUT2D eigenvalue weighted by Crippen LogP contribution is -2.06. The molecule has 0 saturated heterocycles. The van der Waals surface area contributed by atoms with Gasteiger partial charge in [-0.25, -0.2) is 9.97 Å². The lowest BCUT2D eigenvalue weighted by molar-refractivity contribution is 0.233. The minimum atomic E-state index is 0.101. The van der Waals surface area contributed by atoms with Gasteiger partial charge in [0.1, 0.15) is 10.8 Å². The Morgan fingerprint density at radius 1 is 1.04 bits per heavy atom. The first kappa shape index (κ1) is 15.5. The zero-order valence-electron chi connectivity index (χ0n) is 13.3. The summed E-state index contributed by atoms with van der Waals surface area (Å²) in [5.74, 6) is 1.47. The fourth-order valence-corrected chi connectivity index (χ4v) is 2.98. The Hall–Kier alpha value is -2.40. The van der Waals surface area contributed by atoms with Crippen molar-refractivity contribution < 1.29 is 9.47 Å². The van der Waals surface area contributed by atoms with E-state index in [4.69, 9.17) is 14.5 Å². The summed E-state index contributed by atoms with van der Waals surface area (Å²) in [6.45, 7) is 3.97. The number of aromatic nitrogens is 2. The van der Waals surface area contributed by atoms with Crippen LogP contribution in [-0.2, 0) is 0 Å². The fraction of sp³-hybridized carbons (Fsp3) is 0.222. The maximum absolute atomic E-state index is 5.65. The molecule has 0 spiro atoms. The van der Waals surface area contributed by atoms with Gasteiger partial charge in [0.15, 0.2) is 0 Å². The van der Waals surface area contributed by atoms with Gasteiger partial charge in [-0.05, 0) is 44.2 Å². The van der Waals surface area contributed by atoms with Crippen molar-refractivity contribution in [1.82, 2.24) is 9.97 Å². The van der Waals surface area contributed by atoms with Gasteiger partial charge < -0.3 is 9.47 Å². The molecule has 0 aliphatic heterocycles. The summed E-state index contributed by atoms with van der Waals surface area (Å²) in [7, 11) is 1.66. The molecule has 0 fully saturated rings. The Morgan fingerprint density at radius 2 is 1.83 bits per heavy atom. The van der Waals surface area contributed by atoms with Crippen LogP contribution in [0.3, 0.4) is 0 Å². The lowest BCUT2D eigenvalue weighted by atomic mass is 10.2. The Labute approximate surface area is 139 Å². The van der Waals surface area contributed by atoms with Crippen LogP contribution in [0.1, 0.15) is 13.8 Å². The molecule has 0 amide bonds. The number of hydrogen-bond donors (Lipinski definition) is 0. The molecule has 0 saturated carbocycles. The van der Waals surface area contributed by atoms with Crippen molar-refractivity contribution in [3.05, 3.63) is 48.0 Å². The number of rotatable bonds is 5. The molecule has 0 aliphatic carbocycles. The molecule has 0 atom stereocenters. The van der Waals surface area contributed by atoms with E-state index in [1.54, 1.807) is 24.6 Å². The summed E-state index contributed by atoms with van der Waals surface area (Å²) in [6.07, 6.45) is 1.85. The van der Waals surface area contributed by atoms with Gasteiger partial charge in [-0.2, -0.15) is 0 Å². The highest BCUT2D eigenvalue weighted by atomic mass is 32.1. The van der Waals surface area contributed by atoms with E-state index in [9.17, 15) is 0 Å². The summed E-state index contributed by atoms with van der Waals surface area (Å²) in [5, 5.41) is 3.01. The molecular formula is C18H18N2O2S. The van der Waals surface area contributed by atoms with Gasteiger partial charge in [0.2, 0.25) is 5.88 Å². The van der Waals surface area contributed by atoms with E-state index in [2.05, 4.69) is 10.4 Å². The van der Waals surface area contributed by atoms with Gasteiger partial charge in [-0.3, -0.25) is 0 Å². The monoisotopic (exact) mass is 326 g/mol. The van der Waals surface area contributed by atoms with Crippen molar-refractivity contribution in [2.45, 2.75) is 20.0 Å². The third kappa shape index (κ3) is 3.68. The molecule has 0 bridgehead atoms. The maximum Gasteiger partial charge on any atom is 0.214 e. The normalized spacial score (nSPS) is 10.8. The largest absolute Gasteiger partial charge is 0.497 e. The van der Waals surface area contributed by atoms with E-state index in [0.29, 0.717) is 5.88 Å². The van der Waals surface area contributed by atoms with Crippen LogP contribution in [0.2, 0.25) is 0 Å². The minimum absolute atomic E-state index is 0.101. The number of pyridine rings is 1. The van der Waals surface area contributed by atoms with Gasteiger partial charge >= 0.3 is 0 Å². The average molecular weight is 326 g/mol. The molecule has 2 heterocycles. The maximum atomic E-state index is 5.65. The Balaban J connectivity index is 1.86. The van der Waals surface area contributed by atoms with Crippen molar-refractivity contribution in [1.29, 1.82) is 0 Å². The molecule has 3 aromatic rings. The summed E-state index contributed by atoms with van der Waals surface area (Å²) < 4.78 is 10.8. The first-order valence-electron chi connectivity index (χ1n) is 7.39. The Bertz CT molecular complexity index is 782. The molecule has 0 N–H and O–H groups in total. The van der Waals surface area contributed by atoms with E-state index in [1.807, 2.05) is 50.2 Å². The SMILES string of the molecule is COc1ccc(-c2csc(-c3ccnc(OC(C)C)c3)n2)cc1. The molecule has 0 aliphatic rings. The molecule has 1 aromatic carbocycles. The van der Waals surface area contributed by atoms with Crippen molar-refractivity contribution in [3.8, 4) is 33.5 Å². The zero-order chi connectivity index (χ0) is 16.2. The number of nitrogens with zero attached hydrogens (tertiary/aromatic N) is 2. The van der Waals surface area contributed by atoms with Gasteiger partial charge in [0.25, 0.3) is 0 Å². The van der Waals surface area contributed by atoms with E-state index >= 15 is 0 Å². The van der Waals surface area contributed by atoms with Crippen LogP contribution in [0, 0.1) is 0 Å². The molecule has 3 rings (SSSR count). The molecule has 5 heteroatoms. The third-order valence-electron chi connectivity index (χ3n) is 3.23. The summed E-state index contributed by atoms with van der Waals surface area (Å²) in [6, 6.07) is 11.8. The quantitative estimate of drug-likeness (QED) is 0.683. The van der Waals surface area contributed by atoms with Crippen molar-refractivity contribution in [2.24, 2.45) is 0 Å². The van der Waals surface area contributed by atoms with E-state index in [-0.39, 0.29) is 6.10 Å². The number of hydrogen-bond acceptors (Lipinski definition) is 5. The molecular weight excluding hydrogens is 308 g/mol. The summed E-state index contributed by atoms with van der Waals surface area (Å²) in [5.41, 5.74) is 3.04.